The smallest absolute Gasteiger partial charge is 0.255 e. The first-order valence-electron chi connectivity index (χ1n) is 7.73. The molecule has 0 saturated carbocycles. The van der Waals surface area contributed by atoms with Crippen LogP contribution >= 0.6 is 0 Å². The molecule has 1 aromatic carbocycles. The number of likely N-dealkylation sites (tertiary alicyclic amines) is 1. The topological polar surface area (TPSA) is 72.3 Å². The van der Waals surface area contributed by atoms with E-state index in [1.165, 1.54) is 6.42 Å². The molecule has 1 aromatic rings. The number of amides is 1. The van der Waals surface area contributed by atoms with Crippen LogP contribution in [0.5, 0.6) is 0 Å². The lowest BCUT2D eigenvalue weighted by atomic mass is 9.77. The van der Waals surface area contributed by atoms with Crippen molar-refractivity contribution in [2.24, 2.45) is 11.3 Å². The lowest BCUT2D eigenvalue weighted by molar-refractivity contribution is 0.0756. The van der Waals surface area contributed by atoms with Gasteiger partial charge in [0, 0.05) is 24.5 Å². The minimum atomic E-state index is 0.0297. The molecule has 1 unspecified atom stereocenters. The number of anilines is 2. The number of benzene rings is 1. The second kappa shape index (κ2) is 5.96. The molecule has 4 nitrogen and oxygen atoms in total. The van der Waals surface area contributed by atoms with Crippen LogP contribution < -0.4 is 11.5 Å². The third kappa shape index (κ3) is 3.69. The summed E-state index contributed by atoms with van der Waals surface area (Å²) in [5.41, 5.74) is 13.6. The Kier molecular flexibility index (Phi) is 4.45. The van der Waals surface area contributed by atoms with Gasteiger partial charge in [-0.1, -0.05) is 20.8 Å². The summed E-state index contributed by atoms with van der Waals surface area (Å²) < 4.78 is 0. The molecular weight excluding hydrogens is 262 g/mol. The van der Waals surface area contributed by atoms with Gasteiger partial charge in [-0.15, -0.1) is 0 Å². The van der Waals surface area contributed by atoms with Gasteiger partial charge in [0.25, 0.3) is 5.91 Å². The zero-order valence-corrected chi connectivity index (χ0v) is 13.4. The van der Waals surface area contributed by atoms with Gasteiger partial charge in [-0.3, -0.25) is 4.79 Å². The molecule has 116 valence electrons. The molecule has 4 heteroatoms. The fourth-order valence-corrected chi connectivity index (χ4v) is 3.11. The van der Waals surface area contributed by atoms with Crippen LogP contribution in [-0.2, 0) is 0 Å². The number of nitrogens with two attached hydrogens (primary N) is 2. The second-order valence-electron chi connectivity index (χ2n) is 7.13. The van der Waals surface area contributed by atoms with Crippen molar-refractivity contribution in [3.05, 3.63) is 23.8 Å². The van der Waals surface area contributed by atoms with Crippen molar-refractivity contribution < 1.29 is 4.79 Å². The van der Waals surface area contributed by atoms with Crippen molar-refractivity contribution in [2.75, 3.05) is 24.6 Å². The predicted octanol–water partition coefficient (Wildman–Crippen LogP) is 3.14. The van der Waals surface area contributed by atoms with Gasteiger partial charge in [-0.2, -0.15) is 0 Å². The number of hydrogen-bond acceptors (Lipinski definition) is 3. The van der Waals surface area contributed by atoms with Crippen LogP contribution in [-0.4, -0.2) is 23.9 Å². The zero-order chi connectivity index (χ0) is 15.6. The first kappa shape index (κ1) is 15.7. The minimum Gasteiger partial charge on any atom is -0.399 e. The molecular formula is C17H27N3O. The van der Waals surface area contributed by atoms with Crippen molar-refractivity contribution in [3.63, 3.8) is 0 Å². The molecule has 1 saturated heterocycles. The van der Waals surface area contributed by atoms with Crippen molar-refractivity contribution in [2.45, 2.75) is 40.0 Å². The summed E-state index contributed by atoms with van der Waals surface area (Å²) in [7, 11) is 0. The maximum absolute atomic E-state index is 12.6. The van der Waals surface area contributed by atoms with E-state index in [1.54, 1.807) is 18.2 Å². The van der Waals surface area contributed by atoms with Gasteiger partial charge in [-0.05, 0) is 48.8 Å². The fraction of sp³-hybridized carbons (Fsp3) is 0.588. The number of nitrogen functional groups attached to an aromatic ring is 2. The summed E-state index contributed by atoms with van der Waals surface area (Å²) in [6, 6.07) is 5.13. The summed E-state index contributed by atoms with van der Waals surface area (Å²) in [6.07, 6.45) is 3.30. The molecule has 1 fully saturated rings. The van der Waals surface area contributed by atoms with Crippen LogP contribution in [0.4, 0.5) is 11.4 Å². The summed E-state index contributed by atoms with van der Waals surface area (Å²) in [6.45, 7) is 8.48. The maximum Gasteiger partial charge on any atom is 0.255 e. The van der Waals surface area contributed by atoms with Gasteiger partial charge in [0.05, 0.1) is 5.56 Å². The van der Waals surface area contributed by atoms with Crippen molar-refractivity contribution >= 4 is 17.3 Å². The Bertz CT molecular complexity index is 519. The van der Waals surface area contributed by atoms with Gasteiger partial charge in [0.1, 0.15) is 0 Å². The van der Waals surface area contributed by atoms with E-state index in [1.807, 2.05) is 4.90 Å². The Balaban J connectivity index is 2.10. The Morgan fingerprint density at radius 2 is 1.90 bits per heavy atom. The normalized spacial score (nSPS) is 20.1. The van der Waals surface area contributed by atoms with Crippen LogP contribution in [0.1, 0.15) is 50.4 Å². The first-order valence-corrected chi connectivity index (χ1v) is 7.73. The molecule has 1 atom stereocenters. The fourth-order valence-electron chi connectivity index (χ4n) is 3.11. The lowest BCUT2D eigenvalue weighted by Gasteiger charge is -2.29. The van der Waals surface area contributed by atoms with E-state index >= 15 is 0 Å². The van der Waals surface area contributed by atoms with Gasteiger partial charge >= 0.3 is 0 Å². The third-order valence-corrected chi connectivity index (χ3v) is 4.55. The molecule has 21 heavy (non-hydrogen) atoms. The van der Waals surface area contributed by atoms with Crippen LogP contribution in [0, 0.1) is 11.3 Å². The van der Waals surface area contributed by atoms with Gasteiger partial charge in [-0.25, -0.2) is 0 Å². The highest BCUT2D eigenvalue weighted by Gasteiger charge is 2.29. The van der Waals surface area contributed by atoms with Crippen molar-refractivity contribution in [1.29, 1.82) is 0 Å². The third-order valence-electron chi connectivity index (χ3n) is 4.55. The van der Waals surface area contributed by atoms with Crippen LogP contribution in [0.3, 0.4) is 0 Å². The van der Waals surface area contributed by atoms with Crippen LogP contribution in [0.2, 0.25) is 0 Å². The van der Waals surface area contributed by atoms with E-state index in [0.29, 0.717) is 28.3 Å². The number of carbonyl (C=O) groups excluding carboxylic acids is 1. The monoisotopic (exact) mass is 289 g/mol. The largest absolute Gasteiger partial charge is 0.399 e. The Morgan fingerprint density at radius 3 is 2.52 bits per heavy atom. The summed E-state index contributed by atoms with van der Waals surface area (Å²) in [4.78, 5) is 14.6. The van der Waals surface area contributed by atoms with Gasteiger partial charge in [0.2, 0.25) is 0 Å². The Labute approximate surface area is 127 Å². The molecule has 0 aliphatic carbocycles. The predicted molar refractivity (Wildman–Crippen MR) is 88.0 cm³/mol. The molecule has 1 amide bonds. The van der Waals surface area contributed by atoms with Crippen LogP contribution in [0.25, 0.3) is 0 Å². The summed E-state index contributed by atoms with van der Waals surface area (Å²) in [5, 5.41) is 0. The van der Waals surface area contributed by atoms with E-state index < -0.39 is 0 Å². The molecule has 1 aliphatic heterocycles. The molecule has 2 rings (SSSR count). The Morgan fingerprint density at radius 1 is 1.19 bits per heavy atom. The number of rotatable bonds is 1. The maximum atomic E-state index is 12.6. The van der Waals surface area contributed by atoms with Gasteiger partial charge in [0.15, 0.2) is 0 Å². The standard InChI is InChI=1S/C17H27N3O/c1-17(2,3)12-5-4-9-20(10-8-12)16(21)14-7-6-13(18)11-15(14)19/h6-7,11-12H,4-5,8-10,18-19H2,1-3H3. The molecule has 4 N–H and O–H groups in total. The van der Waals surface area contributed by atoms with Crippen molar-refractivity contribution in [3.8, 4) is 0 Å². The van der Waals surface area contributed by atoms with Crippen LogP contribution in [0.15, 0.2) is 18.2 Å². The van der Waals surface area contributed by atoms with E-state index in [0.717, 1.165) is 25.9 Å². The van der Waals surface area contributed by atoms with E-state index in [4.69, 9.17) is 11.5 Å². The number of hydrogen-bond donors (Lipinski definition) is 2. The highest BCUT2D eigenvalue weighted by atomic mass is 16.2. The van der Waals surface area contributed by atoms with E-state index in [-0.39, 0.29) is 5.91 Å². The SMILES string of the molecule is CC(C)(C)C1CCCN(C(=O)c2ccc(N)cc2N)CC1. The second-order valence-corrected chi connectivity index (χ2v) is 7.13. The Hall–Kier alpha value is -1.71. The zero-order valence-electron chi connectivity index (χ0n) is 13.4. The number of carbonyl (C=O) groups is 1. The average molecular weight is 289 g/mol. The van der Waals surface area contributed by atoms with E-state index in [9.17, 15) is 4.79 Å². The van der Waals surface area contributed by atoms with Gasteiger partial charge < -0.3 is 16.4 Å². The summed E-state index contributed by atoms with van der Waals surface area (Å²) in [5.74, 6) is 0.695. The molecule has 0 bridgehead atoms. The molecule has 1 heterocycles. The quantitative estimate of drug-likeness (QED) is 0.780. The molecule has 0 radical (unpaired) electrons. The van der Waals surface area contributed by atoms with E-state index in [2.05, 4.69) is 20.8 Å². The average Bonchev–Trinajstić information content (AvgIpc) is 2.63. The summed E-state index contributed by atoms with van der Waals surface area (Å²) >= 11 is 0. The lowest BCUT2D eigenvalue weighted by Crippen LogP contribution is -2.33. The van der Waals surface area contributed by atoms with Crippen molar-refractivity contribution in [1.82, 2.24) is 4.90 Å². The first-order chi connectivity index (χ1) is 9.79. The minimum absolute atomic E-state index is 0.0297. The highest BCUT2D eigenvalue weighted by molar-refractivity contribution is 5.99. The highest BCUT2D eigenvalue weighted by Crippen LogP contribution is 2.34. The molecule has 0 aromatic heterocycles. The number of nitrogens with zero attached hydrogens (tertiary/aromatic N) is 1. The molecule has 1 aliphatic rings. The molecule has 0 spiro atoms.